The summed E-state index contributed by atoms with van der Waals surface area (Å²) in [4.78, 5) is 58.5. The van der Waals surface area contributed by atoms with Gasteiger partial charge in [-0.25, -0.2) is 18.2 Å². The highest BCUT2D eigenvalue weighted by atomic mass is 32.2. The van der Waals surface area contributed by atoms with Crippen LogP contribution in [0.5, 0.6) is 23.0 Å². The molecule has 1 aliphatic heterocycles. The molecule has 1 aromatic heterocycles. The van der Waals surface area contributed by atoms with E-state index in [4.69, 9.17) is 25.1 Å². The summed E-state index contributed by atoms with van der Waals surface area (Å²) in [7, 11) is -0.788. The van der Waals surface area contributed by atoms with Gasteiger partial charge in [0.25, 0.3) is 5.91 Å². The van der Waals surface area contributed by atoms with Gasteiger partial charge in [0.1, 0.15) is 23.1 Å². The minimum atomic E-state index is -3.66. The topological polar surface area (TPSA) is 256 Å². The summed E-state index contributed by atoms with van der Waals surface area (Å²) in [5.74, 6) is 0.393. The first-order valence-electron chi connectivity index (χ1n) is 21.5. The van der Waals surface area contributed by atoms with Crippen LogP contribution in [0.4, 0.5) is 33.4 Å². The van der Waals surface area contributed by atoms with E-state index < -0.39 is 28.1 Å². The smallest absolute Gasteiger partial charge is 0.323 e. The van der Waals surface area contributed by atoms with Crippen molar-refractivity contribution in [1.29, 1.82) is 0 Å². The third-order valence-corrected chi connectivity index (χ3v) is 11.5. The third-order valence-electron chi connectivity index (χ3n) is 10.9. The van der Waals surface area contributed by atoms with Gasteiger partial charge in [-0.3, -0.25) is 24.0 Å². The molecule has 0 aliphatic carbocycles. The van der Waals surface area contributed by atoms with E-state index in [9.17, 15) is 27.6 Å². The molecular weight excluding hydrogens is 883 g/mol. The molecule has 5 aromatic rings. The van der Waals surface area contributed by atoms with Crippen LogP contribution in [-0.2, 0) is 25.0 Å². The summed E-state index contributed by atoms with van der Waals surface area (Å²) in [6.45, 7) is 8.98. The minimum Gasteiger partial charge on any atom is -0.496 e. The maximum atomic E-state index is 13.6. The maximum absolute atomic E-state index is 13.6. The number of nitrogens with one attached hydrogen (secondary N) is 5. The number of anilines is 5. The second-order valence-electron chi connectivity index (χ2n) is 16.9. The molecule has 8 N–H and O–H groups in total. The van der Waals surface area contributed by atoms with Crippen LogP contribution < -0.4 is 45.9 Å². The number of aliphatic carboxylic acids is 1. The van der Waals surface area contributed by atoms with Crippen molar-refractivity contribution in [3.63, 3.8) is 0 Å². The number of piperazine rings is 1. The summed E-state index contributed by atoms with van der Waals surface area (Å²) in [6.07, 6.45) is 2.56. The Morgan fingerprint density at radius 2 is 1.55 bits per heavy atom. The van der Waals surface area contributed by atoms with E-state index in [1.165, 1.54) is 14.2 Å². The predicted molar refractivity (Wildman–Crippen MR) is 258 cm³/mol. The Labute approximate surface area is 389 Å². The number of pyridine rings is 1. The largest absolute Gasteiger partial charge is 0.496 e. The number of sulfonamides is 1. The molecule has 20 heteroatoms. The van der Waals surface area contributed by atoms with Gasteiger partial charge in [0.15, 0.2) is 5.75 Å². The van der Waals surface area contributed by atoms with Gasteiger partial charge in [0, 0.05) is 80.5 Å². The van der Waals surface area contributed by atoms with Gasteiger partial charge < -0.3 is 51.2 Å². The molecule has 1 saturated heterocycles. The number of amides is 4. The quantitative estimate of drug-likeness (QED) is 0.0519. The van der Waals surface area contributed by atoms with Crippen LogP contribution in [0.1, 0.15) is 49.5 Å². The molecular formula is C47H57N9O10S. The Kier molecular flexibility index (Phi) is 15.8. The van der Waals surface area contributed by atoms with E-state index in [0.717, 1.165) is 11.8 Å². The summed E-state index contributed by atoms with van der Waals surface area (Å²) in [5.41, 5.74) is 8.21. The second kappa shape index (κ2) is 21.4. The van der Waals surface area contributed by atoms with Crippen LogP contribution in [0.15, 0.2) is 85.1 Å². The number of hydrogen-bond donors (Lipinski definition) is 7. The number of urea groups is 1. The van der Waals surface area contributed by atoms with Crippen molar-refractivity contribution in [3.8, 4) is 23.0 Å². The molecule has 0 saturated carbocycles. The van der Waals surface area contributed by atoms with E-state index in [-0.39, 0.29) is 47.2 Å². The lowest BCUT2D eigenvalue weighted by Crippen LogP contribution is -2.54. The first-order chi connectivity index (χ1) is 31.8. The predicted octanol–water partition coefficient (Wildman–Crippen LogP) is 6.17. The van der Waals surface area contributed by atoms with E-state index in [2.05, 4.69) is 35.9 Å². The first-order valence-corrected chi connectivity index (χ1v) is 23.4. The fourth-order valence-electron chi connectivity index (χ4n) is 7.42. The monoisotopic (exact) mass is 939 g/mol. The van der Waals surface area contributed by atoms with Crippen molar-refractivity contribution in [1.82, 2.24) is 20.1 Å². The normalized spacial score (nSPS) is 13.6. The second-order valence-corrected chi connectivity index (χ2v) is 18.7. The zero-order valence-corrected chi connectivity index (χ0v) is 39.1. The lowest BCUT2D eigenvalue weighted by molar-refractivity contribution is -0.138. The van der Waals surface area contributed by atoms with Crippen LogP contribution in [-0.4, -0.2) is 118 Å². The number of carboxylic acids is 1. The Balaban J connectivity index is 1.07. The van der Waals surface area contributed by atoms with Crippen molar-refractivity contribution in [2.75, 3.05) is 80.4 Å². The van der Waals surface area contributed by atoms with E-state index in [1.807, 2.05) is 45.0 Å². The minimum absolute atomic E-state index is 0.0905. The molecule has 0 spiro atoms. The van der Waals surface area contributed by atoms with Crippen molar-refractivity contribution >= 4 is 73.2 Å². The zero-order valence-electron chi connectivity index (χ0n) is 38.3. The zero-order chi connectivity index (χ0) is 48.5. The third kappa shape index (κ3) is 13.2. The highest BCUT2D eigenvalue weighted by Gasteiger charge is 2.26. The lowest BCUT2D eigenvalue weighted by Gasteiger charge is -2.35. The summed E-state index contributed by atoms with van der Waals surface area (Å²) in [5, 5.41) is 22.2. The number of ether oxygens (including phenoxy) is 3. The SMILES string of the molecule is COc1cc(Nc2cc(Oc3ccc(NC(=O)Nc4cc(C(C)(C)C)cc(NS(C)(=O)=O)c4OC)c4ccccc34)ccn2)ccc1C(=O)NCCN1CCN(C(=O)[C@@H](N)CCC(=O)O)CC1. The number of methoxy groups -OCH3 is 2. The summed E-state index contributed by atoms with van der Waals surface area (Å²) >= 11 is 0. The number of nitrogens with zero attached hydrogens (tertiary/aromatic N) is 3. The average molecular weight is 940 g/mol. The highest BCUT2D eigenvalue weighted by molar-refractivity contribution is 7.92. The van der Waals surface area contributed by atoms with Crippen LogP contribution in [0.3, 0.4) is 0 Å². The Bertz CT molecular complexity index is 2740. The molecule has 1 atom stereocenters. The van der Waals surface area contributed by atoms with Gasteiger partial charge in [-0.2, -0.15) is 0 Å². The molecule has 2 heterocycles. The van der Waals surface area contributed by atoms with Gasteiger partial charge in [0.2, 0.25) is 15.9 Å². The molecule has 1 aliphatic rings. The van der Waals surface area contributed by atoms with Crippen molar-refractivity contribution < 1.29 is 46.9 Å². The number of rotatable bonds is 18. The van der Waals surface area contributed by atoms with Crippen LogP contribution in [0.2, 0.25) is 0 Å². The standard InChI is InChI=1S/C47H57N9O10S/c1-47(2,3)29-25-37(43(65-5)38(26-29)54-67(6,62)63)53-46(61)52-36-14-15-39(33-10-8-7-9-32(33)36)66-31-17-18-49-41(28-31)51-30-11-12-34(40(27-30)64-4)44(59)50-19-20-55-21-23-56(24-22-55)45(60)35(48)13-16-42(57)58/h7-12,14-15,17-18,25-28,35,54H,13,16,19-24,48H2,1-6H3,(H,49,51)(H,50,59)(H,57,58)(H2,52,53,61)/t35-/m0/s1. The van der Waals surface area contributed by atoms with E-state index >= 15 is 0 Å². The van der Waals surface area contributed by atoms with Gasteiger partial charge in [-0.1, -0.05) is 45.0 Å². The molecule has 0 bridgehead atoms. The molecule has 19 nitrogen and oxygen atoms in total. The highest BCUT2D eigenvalue weighted by Crippen LogP contribution is 2.40. The molecule has 0 unspecified atom stereocenters. The fraction of sp³-hybridized carbons (Fsp3) is 0.340. The average Bonchev–Trinajstić information content (AvgIpc) is 3.28. The molecule has 0 radical (unpaired) electrons. The molecule has 6 rings (SSSR count). The van der Waals surface area contributed by atoms with Crippen LogP contribution >= 0.6 is 0 Å². The van der Waals surface area contributed by atoms with Crippen LogP contribution in [0.25, 0.3) is 10.8 Å². The molecule has 4 aromatic carbocycles. The number of aromatic nitrogens is 1. The molecule has 4 amide bonds. The van der Waals surface area contributed by atoms with Crippen molar-refractivity contribution in [2.45, 2.75) is 45.1 Å². The summed E-state index contributed by atoms with van der Waals surface area (Å²) in [6, 6.07) is 21.4. The Hall–Kier alpha value is -7.16. The maximum Gasteiger partial charge on any atom is 0.323 e. The summed E-state index contributed by atoms with van der Waals surface area (Å²) < 4.78 is 44.4. The van der Waals surface area contributed by atoms with E-state index in [0.29, 0.717) is 90.0 Å². The van der Waals surface area contributed by atoms with Crippen LogP contribution in [0, 0.1) is 0 Å². The number of carboxylic acid groups (broad SMARTS) is 1. The van der Waals surface area contributed by atoms with Gasteiger partial charge >= 0.3 is 12.0 Å². The number of fused-ring (bicyclic) bond motifs is 1. The Morgan fingerprint density at radius 3 is 2.22 bits per heavy atom. The van der Waals surface area contributed by atoms with Gasteiger partial charge in [-0.05, 0) is 59.9 Å². The fourth-order valence-corrected chi connectivity index (χ4v) is 7.97. The number of carbonyl (C=O) groups is 4. The number of hydrogen-bond acceptors (Lipinski definition) is 13. The van der Waals surface area contributed by atoms with E-state index in [1.54, 1.807) is 65.7 Å². The van der Waals surface area contributed by atoms with Gasteiger partial charge in [-0.15, -0.1) is 0 Å². The first kappa shape index (κ1) is 49.3. The number of carbonyl (C=O) groups excluding carboxylic acids is 3. The molecule has 67 heavy (non-hydrogen) atoms. The van der Waals surface area contributed by atoms with Crippen molar-refractivity contribution in [3.05, 3.63) is 96.2 Å². The molecule has 1 fully saturated rings. The number of benzene rings is 4. The Morgan fingerprint density at radius 1 is 0.851 bits per heavy atom. The number of nitrogens with two attached hydrogens (primary N) is 1. The molecule has 356 valence electrons. The van der Waals surface area contributed by atoms with Crippen molar-refractivity contribution in [2.24, 2.45) is 5.73 Å². The lowest BCUT2D eigenvalue weighted by atomic mass is 9.86. The van der Waals surface area contributed by atoms with Gasteiger partial charge in [0.05, 0.1) is 49.1 Å².